The summed E-state index contributed by atoms with van der Waals surface area (Å²) in [4.78, 5) is 13.3. The van der Waals surface area contributed by atoms with Gasteiger partial charge < -0.3 is 4.57 Å². The number of para-hydroxylation sites is 1. The molecule has 6 aromatic rings. The molecular weight excluding hydrogens is 366 g/mol. The maximum absolute atomic E-state index is 13.3. The van der Waals surface area contributed by atoms with Crippen LogP contribution in [-0.4, -0.2) is 4.57 Å². The largest absolute Gasteiger partial charge is 0.303 e. The van der Waals surface area contributed by atoms with Crippen LogP contribution in [0.1, 0.15) is 5.56 Å². The van der Waals surface area contributed by atoms with Crippen molar-refractivity contribution in [3.8, 4) is 0 Å². The van der Waals surface area contributed by atoms with E-state index in [1.54, 1.807) is 0 Å². The van der Waals surface area contributed by atoms with Gasteiger partial charge in [-0.2, -0.15) is 0 Å². The van der Waals surface area contributed by atoms with Crippen LogP contribution >= 0.6 is 0 Å². The van der Waals surface area contributed by atoms with E-state index in [0.29, 0.717) is 6.54 Å². The summed E-state index contributed by atoms with van der Waals surface area (Å²) in [6.07, 6.45) is 0. The molecule has 0 atom stereocenters. The van der Waals surface area contributed by atoms with E-state index >= 15 is 0 Å². The Hall–Kier alpha value is -3.91. The highest BCUT2D eigenvalue weighted by atomic mass is 16.1. The Morgan fingerprint density at radius 2 is 1.13 bits per heavy atom. The van der Waals surface area contributed by atoms with Gasteiger partial charge in [0.2, 0.25) is 0 Å². The van der Waals surface area contributed by atoms with E-state index < -0.39 is 0 Å². The van der Waals surface area contributed by atoms with Gasteiger partial charge in [-0.3, -0.25) is 4.79 Å². The number of fused-ring (bicyclic) bond motifs is 5. The average molecular weight is 385 g/mol. The highest BCUT2D eigenvalue weighted by Gasteiger charge is 2.11. The summed E-state index contributed by atoms with van der Waals surface area (Å²) in [5.74, 6) is 0. The zero-order valence-electron chi connectivity index (χ0n) is 16.4. The number of rotatable bonds is 2. The van der Waals surface area contributed by atoms with Crippen LogP contribution in [0.3, 0.4) is 0 Å². The molecule has 0 radical (unpaired) electrons. The van der Waals surface area contributed by atoms with Crippen LogP contribution in [0.4, 0.5) is 0 Å². The first-order valence-corrected chi connectivity index (χ1v) is 10.2. The van der Waals surface area contributed by atoms with Crippen LogP contribution in [0.25, 0.3) is 43.2 Å². The SMILES string of the molecule is O=c1c2ccccc2c2ccccc2n1Cc1ccc2cc3ccccc3cc2c1. The van der Waals surface area contributed by atoms with E-state index in [-0.39, 0.29) is 5.56 Å². The zero-order valence-corrected chi connectivity index (χ0v) is 16.4. The number of benzene rings is 5. The molecule has 0 bridgehead atoms. The number of hydrogen-bond acceptors (Lipinski definition) is 1. The highest BCUT2D eigenvalue weighted by molar-refractivity contribution is 6.05. The first-order chi connectivity index (χ1) is 14.8. The summed E-state index contributed by atoms with van der Waals surface area (Å²) in [5.41, 5.74) is 2.16. The van der Waals surface area contributed by atoms with Crippen LogP contribution in [0.15, 0.2) is 108 Å². The fourth-order valence-corrected chi connectivity index (χ4v) is 4.52. The summed E-state index contributed by atoms with van der Waals surface area (Å²) in [6, 6.07) is 35.4. The first kappa shape index (κ1) is 17.0. The molecule has 142 valence electrons. The number of hydrogen-bond donors (Lipinski definition) is 0. The van der Waals surface area contributed by atoms with E-state index in [0.717, 1.165) is 27.2 Å². The maximum atomic E-state index is 13.3. The summed E-state index contributed by atoms with van der Waals surface area (Å²) < 4.78 is 1.90. The van der Waals surface area contributed by atoms with Crippen LogP contribution < -0.4 is 5.56 Å². The lowest BCUT2D eigenvalue weighted by atomic mass is 10.0. The Balaban J connectivity index is 1.56. The van der Waals surface area contributed by atoms with Crippen molar-refractivity contribution < 1.29 is 0 Å². The van der Waals surface area contributed by atoms with Gasteiger partial charge >= 0.3 is 0 Å². The minimum Gasteiger partial charge on any atom is -0.303 e. The van der Waals surface area contributed by atoms with Crippen molar-refractivity contribution >= 4 is 43.2 Å². The molecule has 5 aromatic carbocycles. The monoisotopic (exact) mass is 385 g/mol. The molecule has 1 aromatic heterocycles. The van der Waals surface area contributed by atoms with Crippen molar-refractivity contribution in [2.45, 2.75) is 6.54 Å². The second-order valence-electron chi connectivity index (χ2n) is 7.83. The molecule has 0 fully saturated rings. The number of nitrogens with zero attached hydrogens (tertiary/aromatic N) is 1. The van der Waals surface area contributed by atoms with E-state index in [1.165, 1.54) is 21.5 Å². The van der Waals surface area contributed by atoms with Crippen molar-refractivity contribution in [1.29, 1.82) is 0 Å². The van der Waals surface area contributed by atoms with Crippen LogP contribution in [0.2, 0.25) is 0 Å². The third-order valence-corrected chi connectivity index (χ3v) is 6.00. The second kappa shape index (κ2) is 6.57. The number of aromatic nitrogens is 1. The molecule has 0 spiro atoms. The Morgan fingerprint density at radius 3 is 1.93 bits per heavy atom. The Labute approximate surface area is 173 Å². The van der Waals surface area contributed by atoms with E-state index in [1.807, 2.05) is 47.0 Å². The third-order valence-electron chi connectivity index (χ3n) is 6.00. The summed E-state index contributed by atoms with van der Waals surface area (Å²) >= 11 is 0. The normalized spacial score (nSPS) is 11.6. The number of pyridine rings is 1. The molecule has 0 aliphatic rings. The van der Waals surface area contributed by atoms with Gasteiger partial charge in [-0.15, -0.1) is 0 Å². The maximum Gasteiger partial charge on any atom is 0.259 e. The molecular formula is C28H19NO. The van der Waals surface area contributed by atoms with Crippen molar-refractivity contribution in [1.82, 2.24) is 4.57 Å². The van der Waals surface area contributed by atoms with E-state index in [2.05, 4.69) is 60.7 Å². The van der Waals surface area contributed by atoms with Gasteiger partial charge in [0.1, 0.15) is 0 Å². The molecule has 30 heavy (non-hydrogen) atoms. The predicted molar refractivity (Wildman–Crippen MR) is 126 cm³/mol. The molecule has 0 unspecified atom stereocenters. The van der Waals surface area contributed by atoms with Crippen molar-refractivity contribution in [3.63, 3.8) is 0 Å². The van der Waals surface area contributed by atoms with E-state index in [9.17, 15) is 4.79 Å². The van der Waals surface area contributed by atoms with Gasteiger partial charge in [-0.25, -0.2) is 0 Å². The Kier molecular flexibility index (Phi) is 3.72. The predicted octanol–water partition coefficient (Wildman–Crippen LogP) is 6.51. The molecule has 0 saturated carbocycles. The molecule has 2 heteroatoms. The fourth-order valence-electron chi connectivity index (χ4n) is 4.52. The zero-order chi connectivity index (χ0) is 20.1. The van der Waals surface area contributed by atoms with E-state index in [4.69, 9.17) is 0 Å². The molecule has 0 aliphatic heterocycles. The quantitative estimate of drug-likeness (QED) is 0.246. The minimum absolute atomic E-state index is 0.0582. The lowest BCUT2D eigenvalue weighted by Gasteiger charge is -2.14. The van der Waals surface area contributed by atoms with Gasteiger partial charge in [-0.05, 0) is 62.8 Å². The van der Waals surface area contributed by atoms with Gasteiger partial charge in [0, 0.05) is 10.8 Å². The first-order valence-electron chi connectivity index (χ1n) is 10.2. The summed E-state index contributed by atoms with van der Waals surface area (Å²) in [6.45, 7) is 0.549. The van der Waals surface area contributed by atoms with Crippen molar-refractivity contribution in [3.05, 3.63) is 119 Å². The minimum atomic E-state index is 0.0582. The molecule has 0 saturated heterocycles. The Morgan fingerprint density at radius 1 is 0.533 bits per heavy atom. The van der Waals surface area contributed by atoms with Gasteiger partial charge in [0.05, 0.1) is 12.1 Å². The molecule has 1 heterocycles. The molecule has 6 rings (SSSR count). The summed E-state index contributed by atoms with van der Waals surface area (Å²) in [7, 11) is 0. The fraction of sp³-hybridized carbons (Fsp3) is 0.0357. The van der Waals surface area contributed by atoms with Crippen molar-refractivity contribution in [2.75, 3.05) is 0 Å². The smallest absolute Gasteiger partial charge is 0.259 e. The lowest BCUT2D eigenvalue weighted by Crippen LogP contribution is -2.21. The van der Waals surface area contributed by atoms with Gasteiger partial charge in [0.15, 0.2) is 0 Å². The topological polar surface area (TPSA) is 22.0 Å². The lowest BCUT2D eigenvalue weighted by molar-refractivity contribution is 0.803. The summed E-state index contributed by atoms with van der Waals surface area (Å²) in [5, 5.41) is 7.78. The van der Waals surface area contributed by atoms with Crippen LogP contribution in [-0.2, 0) is 6.54 Å². The molecule has 2 nitrogen and oxygen atoms in total. The third kappa shape index (κ3) is 2.61. The highest BCUT2D eigenvalue weighted by Crippen LogP contribution is 2.26. The molecule has 0 aliphatic carbocycles. The van der Waals surface area contributed by atoms with Crippen LogP contribution in [0, 0.1) is 0 Å². The second-order valence-corrected chi connectivity index (χ2v) is 7.83. The Bertz CT molecular complexity index is 1640. The average Bonchev–Trinajstić information content (AvgIpc) is 2.80. The molecule has 0 amide bonds. The van der Waals surface area contributed by atoms with Gasteiger partial charge in [0.25, 0.3) is 5.56 Å². The van der Waals surface area contributed by atoms with Crippen molar-refractivity contribution in [2.24, 2.45) is 0 Å². The van der Waals surface area contributed by atoms with Crippen LogP contribution in [0.5, 0.6) is 0 Å². The molecule has 0 N–H and O–H groups in total. The van der Waals surface area contributed by atoms with Gasteiger partial charge in [-0.1, -0.05) is 72.8 Å². The standard InChI is InChI=1S/C28H19NO/c30-28-26-11-4-3-9-24(26)25-10-5-6-12-27(25)29(28)18-19-13-14-22-16-20-7-1-2-8-21(20)17-23(22)15-19/h1-17H,18H2.